The highest BCUT2D eigenvalue weighted by molar-refractivity contribution is 6.28. The Bertz CT molecular complexity index is 486. The second-order valence-electron chi connectivity index (χ2n) is 5.41. The van der Waals surface area contributed by atoms with E-state index >= 15 is 0 Å². The predicted octanol–water partition coefficient (Wildman–Crippen LogP) is 1.60. The highest BCUT2D eigenvalue weighted by Crippen LogP contribution is 2.30. The third-order valence-corrected chi connectivity index (χ3v) is 4.45. The van der Waals surface area contributed by atoms with E-state index in [1.54, 1.807) is 0 Å². The monoisotopic (exact) mass is 297 g/mol. The Labute approximate surface area is 124 Å². The first kappa shape index (κ1) is 13.8. The maximum Gasteiger partial charge on any atom is 0.322 e. The standard InChI is InChI=1S/C13H20ClN5O/c1-3-20-13-16-11(14)15-12(17-13)19-7-6-9-4-5-10(8-19)18(9)2/h9-10H,3-8H2,1-2H3. The smallest absolute Gasteiger partial charge is 0.322 e. The molecule has 2 unspecified atom stereocenters. The predicted molar refractivity (Wildman–Crippen MR) is 77.4 cm³/mol. The SMILES string of the molecule is CCOc1nc(Cl)nc(N2CCC3CCC(C2)N3C)n1. The van der Waals surface area contributed by atoms with Crippen LogP contribution in [0.15, 0.2) is 0 Å². The van der Waals surface area contributed by atoms with Gasteiger partial charge < -0.3 is 9.64 Å². The Morgan fingerprint density at radius 1 is 1.20 bits per heavy atom. The lowest BCUT2D eigenvalue weighted by Crippen LogP contribution is -2.37. The maximum atomic E-state index is 5.97. The van der Waals surface area contributed by atoms with Gasteiger partial charge >= 0.3 is 6.01 Å². The topological polar surface area (TPSA) is 54.4 Å². The van der Waals surface area contributed by atoms with Crippen molar-refractivity contribution in [1.29, 1.82) is 0 Å². The summed E-state index contributed by atoms with van der Waals surface area (Å²) >= 11 is 5.97. The van der Waals surface area contributed by atoms with Crippen LogP contribution >= 0.6 is 11.6 Å². The molecule has 20 heavy (non-hydrogen) atoms. The van der Waals surface area contributed by atoms with Crippen LogP contribution in [0.3, 0.4) is 0 Å². The Balaban J connectivity index is 1.82. The summed E-state index contributed by atoms with van der Waals surface area (Å²) in [5, 5.41) is 0.196. The summed E-state index contributed by atoms with van der Waals surface area (Å²) in [4.78, 5) is 17.3. The molecule has 2 atom stereocenters. The van der Waals surface area contributed by atoms with Crippen molar-refractivity contribution in [2.45, 2.75) is 38.3 Å². The van der Waals surface area contributed by atoms with Crippen molar-refractivity contribution in [1.82, 2.24) is 19.9 Å². The van der Waals surface area contributed by atoms with Gasteiger partial charge in [0.25, 0.3) is 0 Å². The summed E-state index contributed by atoms with van der Waals surface area (Å²) in [6.07, 6.45) is 3.69. The number of hydrogen-bond donors (Lipinski definition) is 0. The molecule has 6 nitrogen and oxygen atoms in total. The van der Waals surface area contributed by atoms with Gasteiger partial charge in [-0.25, -0.2) is 0 Å². The van der Waals surface area contributed by atoms with Crippen molar-refractivity contribution in [2.75, 3.05) is 31.6 Å². The summed E-state index contributed by atoms with van der Waals surface area (Å²) in [5.41, 5.74) is 0. The fourth-order valence-corrected chi connectivity index (χ4v) is 3.30. The minimum atomic E-state index is 0.196. The summed E-state index contributed by atoms with van der Waals surface area (Å²) in [6, 6.07) is 1.58. The number of anilines is 1. The molecule has 7 heteroatoms. The minimum absolute atomic E-state index is 0.196. The van der Waals surface area contributed by atoms with Gasteiger partial charge in [0.15, 0.2) is 0 Å². The van der Waals surface area contributed by atoms with Crippen LogP contribution in [0.1, 0.15) is 26.2 Å². The minimum Gasteiger partial charge on any atom is -0.464 e. The maximum absolute atomic E-state index is 5.97. The zero-order valence-electron chi connectivity index (χ0n) is 11.9. The molecule has 2 saturated heterocycles. The van der Waals surface area contributed by atoms with E-state index in [4.69, 9.17) is 16.3 Å². The number of hydrogen-bond acceptors (Lipinski definition) is 6. The molecule has 1 aromatic heterocycles. The Kier molecular flexibility index (Phi) is 3.94. The van der Waals surface area contributed by atoms with Crippen molar-refractivity contribution < 1.29 is 4.74 Å². The largest absolute Gasteiger partial charge is 0.464 e. The molecule has 3 heterocycles. The summed E-state index contributed by atoms with van der Waals surface area (Å²) in [6.45, 7) is 4.32. The highest BCUT2D eigenvalue weighted by atomic mass is 35.5. The van der Waals surface area contributed by atoms with Gasteiger partial charge in [0, 0.05) is 25.2 Å². The van der Waals surface area contributed by atoms with E-state index in [1.165, 1.54) is 12.8 Å². The zero-order chi connectivity index (χ0) is 14.1. The second-order valence-corrected chi connectivity index (χ2v) is 5.74. The lowest BCUT2D eigenvalue weighted by atomic mass is 10.1. The van der Waals surface area contributed by atoms with E-state index in [0.29, 0.717) is 30.6 Å². The lowest BCUT2D eigenvalue weighted by molar-refractivity contribution is 0.254. The van der Waals surface area contributed by atoms with Crippen LogP contribution < -0.4 is 9.64 Å². The third-order valence-electron chi connectivity index (χ3n) is 4.28. The molecule has 2 aliphatic rings. The van der Waals surface area contributed by atoms with Crippen LogP contribution in [-0.4, -0.2) is 58.7 Å². The van der Waals surface area contributed by atoms with Gasteiger partial charge in [-0.15, -0.1) is 0 Å². The first-order valence-electron chi connectivity index (χ1n) is 7.18. The molecule has 0 saturated carbocycles. The van der Waals surface area contributed by atoms with E-state index in [2.05, 4.69) is 31.8 Å². The third kappa shape index (κ3) is 2.67. The molecule has 0 radical (unpaired) electrons. The van der Waals surface area contributed by atoms with Crippen molar-refractivity contribution >= 4 is 17.5 Å². The molecular formula is C13H20ClN5O. The second kappa shape index (κ2) is 5.69. The summed E-state index contributed by atoms with van der Waals surface area (Å²) in [7, 11) is 2.22. The average molecular weight is 298 g/mol. The van der Waals surface area contributed by atoms with Gasteiger partial charge in [-0.3, -0.25) is 4.90 Å². The number of aromatic nitrogens is 3. The molecule has 0 amide bonds. The average Bonchev–Trinajstić information content (AvgIpc) is 2.62. The number of halogens is 1. The quantitative estimate of drug-likeness (QED) is 0.845. The van der Waals surface area contributed by atoms with Crippen LogP contribution in [0.2, 0.25) is 5.28 Å². The van der Waals surface area contributed by atoms with E-state index in [0.717, 1.165) is 19.5 Å². The van der Waals surface area contributed by atoms with E-state index in [9.17, 15) is 0 Å². The van der Waals surface area contributed by atoms with Gasteiger partial charge in [0.1, 0.15) is 0 Å². The lowest BCUT2D eigenvalue weighted by Gasteiger charge is -2.25. The Morgan fingerprint density at radius 2 is 2.00 bits per heavy atom. The van der Waals surface area contributed by atoms with Gasteiger partial charge in [-0.2, -0.15) is 15.0 Å². The van der Waals surface area contributed by atoms with Crippen LogP contribution in [0.5, 0.6) is 6.01 Å². The van der Waals surface area contributed by atoms with Crippen LogP contribution in [0.4, 0.5) is 5.95 Å². The van der Waals surface area contributed by atoms with E-state index in [1.807, 2.05) is 6.92 Å². The van der Waals surface area contributed by atoms with Gasteiger partial charge in [0.2, 0.25) is 11.2 Å². The Morgan fingerprint density at radius 3 is 2.80 bits per heavy atom. The van der Waals surface area contributed by atoms with Crippen molar-refractivity contribution in [2.24, 2.45) is 0 Å². The van der Waals surface area contributed by atoms with Crippen molar-refractivity contribution in [3.05, 3.63) is 5.28 Å². The van der Waals surface area contributed by atoms with Crippen LogP contribution in [-0.2, 0) is 0 Å². The molecule has 0 aromatic carbocycles. The Hall–Kier alpha value is -1.14. The van der Waals surface area contributed by atoms with E-state index in [-0.39, 0.29) is 5.28 Å². The molecule has 110 valence electrons. The molecule has 0 spiro atoms. The fraction of sp³-hybridized carbons (Fsp3) is 0.769. The number of ether oxygens (including phenoxy) is 1. The molecule has 0 aliphatic carbocycles. The summed E-state index contributed by atoms with van der Waals surface area (Å²) < 4.78 is 5.35. The zero-order valence-corrected chi connectivity index (χ0v) is 12.7. The van der Waals surface area contributed by atoms with Gasteiger partial charge in [-0.05, 0) is 44.8 Å². The number of rotatable bonds is 3. The summed E-state index contributed by atoms with van der Waals surface area (Å²) in [5.74, 6) is 0.634. The van der Waals surface area contributed by atoms with Gasteiger partial charge in [-0.1, -0.05) is 0 Å². The molecule has 1 aromatic rings. The van der Waals surface area contributed by atoms with Crippen LogP contribution in [0.25, 0.3) is 0 Å². The molecule has 2 fully saturated rings. The molecule has 2 bridgehead atoms. The number of fused-ring (bicyclic) bond motifs is 2. The van der Waals surface area contributed by atoms with Crippen LogP contribution in [0, 0.1) is 0 Å². The number of nitrogens with zero attached hydrogens (tertiary/aromatic N) is 5. The fourth-order valence-electron chi connectivity index (χ4n) is 3.15. The molecular weight excluding hydrogens is 278 g/mol. The van der Waals surface area contributed by atoms with Crippen molar-refractivity contribution in [3.63, 3.8) is 0 Å². The normalized spacial score (nSPS) is 26.6. The van der Waals surface area contributed by atoms with Gasteiger partial charge in [0.05, 0.1) is 6.61 Å². The van der Waals surface area contributed by atoms with E-state index < -0.39 is 0 Å². The molecule has 3 rings (SSSR count). The highest BCUT2D eigenvalue weighted by Gasteiger charge is 2.35. The molecule has 0 N–H and O–H groups in total. The molecule has 2 aliphatic heterocycles. The first-order chi connectivity index (χ1) is 9.67. The van der Waals surface area contributed by atoms with Crippen molar-refractivity contribution in [3.8, 4) is 6.01 Å². The first-order valence-corrected chi connectivity index (χ1v) is 7.56. The number of likely N-dealkylation sites (N-methyl/N-ethyl adjacent to an activating group) is 1.